The topological polar surface area (TPSA) is 70.1 Å². The van der Waals surface area contributed by atoms with Crippen LogP contribution in [-0.4, -0.2) is 34.3 Å². The molecule has 2 atom stereocenters. The molecule has 20 heavy (non-hydrogen) atoms. The van der Waals surface area contributed by atoms with Crippen LogP contribution in [0.15, 0.2) is 0 Å². The predicted octanol–water partition coefficient (Wildman–Crippen LogP) is 2.35. The molecule has 0 saturated heterocycles. The van der Waals surface area contributed by atoms with Gasteiger partial charge in [0.1, 0.15) is 17.5 Å². The average Bonchev–Trinajstić information content (AvgIpc) is 2.90. The molecular formula is C15H26N4O. The lowest BCUT2D eigenvalue weighted by atomic mass is 10.0. The zero-order chi connectivity index (χ0) is 14.5. The van der Waals surface area contributed by atoms with Crippen LogP contribution < -0.4 is 10.6 Å². The minimum absolute atomic E-state index is 0.252. The van der Waals surface area contributed by atoms with Gasteiger partial charge in [-0.25, -0.2) is 9.97 Å². The minimum Gasteiger partial charge on any atom is -0.396 e. The third-order valence-corrected chi connectivity index (χ3v) is 4.07. The summed E-state index contributed by atoms with van der Waals surface area (Å²) in [5.74, 6) is 3.03. The molecule has 5 heteroatoms. The number of anilines is 2. The van der Waals surface area contributed by atoms with Crippen LogP contribution in [0.5, 0.6) is 0 Å². The molecule has 0 radical (unpaired) electrons. The Labute approximate surface area is 121 Å². The van der Waals surface area contributed by atoms with E-state index in [0.29, 0.717) is 12.0 Å². The largest absolute Gasteiger partial charge is 0.396 e. The Morgan fingerprint density at radius 2 is 1.95 bits per heavy atom. The lowest BCUT2D eigenvalue weighted by molar-refractivity contribution is 0.222. The number of aryl methyl sites for hydroxylation is 1. The standard InChI is InChI=1S/C15H26N4O/c1-4-13-18-14(16-5-2)10(3)15(19-13)17-12-8-6-7-11(12)9-20/h11-12,20H,4-9H2,1-3H3,(H2,16,17,18,19). The number of aliphatic hydroxyl groups excluding tert-OH is 1. The number of nitrogens with zero attached hydrogens (tertiary/aromatic N) is 2. The Morgan fingerprint density at radius 1 is 1.20 bits per heavy atom. The summed E-state index contributed by atoms with van der Waals surface area (Å²) in [4.78, 5) is 9.17. The molecule has 1 heterocycles. The Balaban J connectivity index is 2.23. The molecule has 0 bridgehead atoms. The van der Waals surface area contributed by atoms with Crippen molar-refractivity contribution < 1.29 is 5.11 Å². The van der Waals surface area contributed by atoms with E-state index in [4.69, 9.17) is 0 Å². The van der Waals surface area contributed by atoms with Gasteiger partial charge < -0.3 is 15.7 Å². The zero-order valence-electron chi connectivity index (χ0n) is 12.7. The quantitative estimate of drug-likeness (QED) is 0.745. The predicted molar refractivity (Wildman–Crippen MR) is 82.1 cm³/mol. The van der Waals surface area contributed by atoms with E-state index in [0.717, 1.165) is 48.8 Å². The van der Waals surface area contributed by atoms with Gasteiger partial charge in [0.2, 0.25) is 0 Å². The lowest BCUT2D eigenvalue weighted by Crippen LogP contribution is -2.27. The van der Waals surface area contributed by atoms with E-state index in [-0.39, 0.29) is 6.61 Å². The summed E-state index contributed by atoms with van der Waals surface area (Å²) in [7, 11) is 0. The minimum atomic E-state index is 0.252. The van der Waals surface area contributed by atoms with Gasteiger partial charge in [-0.3, -0.25) is 0 Å². The fourth-order valence-corrected chi connectivity index (χ4v) is 2.82. The van der Waals surface area contributed by atoms with E-state index < -0.39 is 0 Å². The van der Waals surface area contributed by atoms with Crippen LogP contribution in [0, 0.1) is 12.8 Å². The average molecular weight is 278 g/mol. The van der Waals surface area contributed by atoms with Crippen LogP contribution in [0.25, 0.3) is 0 Å². The van der Waals surface area contributed by atoms with Gasteiger partial charge in [0.05, 0.1) is 0 Å². The molecule has 1 aromatic heterocycles. The maximum atomic E-state index is 9.44. The van der Waals surface area contributed by atoms with E-state index in [2.05, 4.69) is 34.4 Å². The van der Waals surface area contributed by atoms with Crippen LogP contribution in [0.4, 0.5) is 11.6 Å². The summed E-state index contributed by atoms with van der Waals surface area (Å²) in [6.07, 6.45) is 4.20. The summed E-state index contributed by atoms with van der Waals surface area (Å²) in [5, 5.41) is 16.3. The fraction of sp³-hybridized carbons (Fsp3) is 0.733. The number of nitrogens with one attached hydrogen (secondary N) is 2. The molecule has 2 rings (SSSR count). The van der Waals surface area contributed by atoms with Crippen molar-refractivity contribution in [3.05, 3.63) is 11.4 Å². The Morgan fingerprint density at radius 3 is 2.60 bits per heavy atom. The van der Waals surface area contributed by atoms with Crippen LogP contribution >= 0.6 is 0 Å². The van der Waals surface area contributed by atoms with E-state index in [1.807, 2.05) is 6.92 Å². The van der Waals surface area contributed by atoms with Crippen LogP contribution in [0.3, 0.4) is 0 Å². The Bertz CT molecular complexity index is 450. The molecule has 0 aliphatic heterocycles. The second-order valence-electron chi connectivity index (χ2n) is 5.47. The molecule has 3 N–H and O–H groups in total. The highest BCUT2D eigenvalue weighted by Gasteiger charge is 2.27. The highest BCUT2D eigenvalue weighted by molar-refractivity contribution is 5.57. The Hall–Kier alpha value is -1.36. The van der Waals surface area contributed by atoms with Gasteiger partial charge >= 0.3 is 0 Å². The van der Waals surface area contributed by atoms with Gasteiger partial charge in [0, 0.05) is 37.1 Å². The fourth-order valence-electron chi connectivity index (χ4n) is 2.82. The van der Waals surface area contributed by atoms with Crippen LogP contribution in [0.2, 0.25) is 0 Å². The number of rotatable bonds is 6. The van der Waals surface area contributed by atoms with E-state index >= 15 is 0 Å². The summed E-state index contributed by atoms with van der Waals surface area (Å²) in [6, 6.07) is 0.327. The van der Waals surface area contributed by atoms with Crippen molar-refractivity contribution in [1.29, 1.82) is 0 Å². The monoisotopic (exact) mass is 278 g/mol. The normalized spacial score (nSPS) is 22.0. The first-order chi connectivity index (χ1) is 9.69. The first kappa shape index (κ1) is 15.0. The molecule has 112 valence electrons. The van der Waals surface area contributed by atoms with Crippen molar-refractivity contribution in [2.24, 2.45) is 5.92 Å². The van der Waals surface area contributed by atoms with Gasteiger partial charge in [0.15, 0.2) is 0 Å². The number of aliphatic hydroxyl groups is 1. The van der Waals surface area contributed by atoms with Crippen LogP contribution in [-0.2, 0) is 6.42 Å². The van der Waals surface area contributed by atoms with Gasteiger partial charge in [-0.15, -0.1) is 0 Å². The van der Waals surface area contributed by atoms with E-state index in [1.165, 1.54) is 6.42 Å². The molecule has 1 aliphatic rings. The maximum Gasteiger partial charge on any atom is 0.135 e. The molecule has 1 aliphatic carbocycles. The summed E-state index contributed by atoms with van der Waals surface area (Å²) in [6.45, 7) is 7.28. The summed E-state index contributed by atoms with van der Waals surface area (Å²) >= 11 is 0. The first-order valence-corrected chi connectivity index (χ1v) is 7.68. The van der Waals surface area contributed by atoms with Crippen molar-refractivity contribution in [2.45, 2.75) is 52.5 Å². The molecular weight excluding hydrogens is 252 g/mol. The second-order valence-corrected chi connectivity index (χ2v) is 5.47. The second kappa shape index (κ2) is 6.88. The van der Waals surface area contributed by atoms with Gasteiger partial charge in [-0.1, -0.05) is 13.3 Å². The van der Waals surface area contributed by atoms with Crippen molar-refractivity contribution >= 4 is 11.6 Å². The SMILES string of the molecule is CCNc1nc(CC)nc(NC2CCCC2CO)c1C. The van der Waals surface area contributed by atoms with E-state index in [1.54, 1.807) is 0 Å². The van der Waals surface area contributed by atoms with E-state index in [9.17, 15) is 5.11 Å². The molecule has 0 aromatic carbocycles. The highest BCUT2D eigenvalue weighted by Crippen LogP contribution is 2.29. The van der Waals surface area contributed by atoms with Crippen molar-refractivity contribution in [3.63, 3.8) is 0 Å². The van der Waals surface area contributed by atoms with Gasteiger partial charge in [-0.05, 0) is 26.7 Å². The lowest BCUT2D eigenvalue weighted by Gasteiger charge is -2.22. The molecule has 1 aromatic rings. The van der Waals surface area contributed by atoms with Crippen molar-refractivity contribution in [1.82, 2.24) is 9.97 Å². The smallest absolute Gasteiger partial charge is 0.135 e. The molecule has 1 fully saturated rings. The third kappa shape index (κ3) is 3.20. The van der Waals surface area contributed by atoms with Crippen LogP contribution in [0.1, 0.15) is 44.5 Å². The van der Waals surface area contributed by atoms with Crippen molar-refractivity contribution in [3.8, 4) is 0 Å². The highest BCUT2D eigenvalue weighted by atomic mass is 16.3. The summed E-state index contributed by atoms with van der Waals surface area (Å²) in [5.41, 5.74) is 1.06. The summed E-state index contributed by atoms with van der Waals surface area (Å²) < 4.78 is 0. The number of aromatic nitrogens is 2. The molecule has 1 saturated carbocycles. The zero-order valence-corrected chi connectivity index (χ0v) is 12.7. The third-order valence-electron chi connectivity index (χ3n) is 4.07. The molecule has 5 nitrogen and oxygen atoms in total. The molecule has 0 amide bonds. The number of hydrogen-bond donors (Lipinski definition) is 3. The van der Waals surface area contributed by atoms with Gasteiger partial charge in [-0.2, -0.15) is 0 Å². The Kier molecular flexibility index (Phi) is 5.17. The first-order valence-electron chi connectivity index (χ1n) is 7.68. The maximum absolute atomic E-state index is 9.44. The van der Waals surface area contributed by atoms with Crippen molar-refractivity contribution in [2.75, 3.05) is 23.8 Å². The molecule has 0 spiro atoms. The molecule has 2 unspecified atom stereocenters. The van der Waals surface area contributed by atoms with Gasteiger partial charge in [0.25, 0.3) is 0 Å². The number of hydrogen-bond acceptors (Lipinski definition) is 5.